The van der Waals surface area contributed by atoms with Crippen molar-refractivity contribution in [1.82, 2.24) is 31.1 Å². The second kappa shape index (κ2) is 18.1. The van der Waals surface area contributed by atoms with Gasteiger partial charge >= 0.3 is 0 Å². The first-order valence-electron chi connectivity index (χ1n) is 17.6. The number of nitrogens with one attached hydrogen (secondary N) is 4. The van der Waals surface area contributed by atoms with Crippen LogP contribution in [0.25, 0.3) is 0 Å². The molecular weight excluding hydrogens is 702 g/mol. The maximum Gasteiger partial charge on any atom is 0.187 e. The number of hydrogen-bond acceptors (Lipinski definition) is 10. The first kappa shape index (κ1) is 41.4. The number of nitrogens with zero attached hydrogens (tertiary/aromatic N) is 2. The third kappa shape index (κ3) is 9.77. The molecule has 0 amide bonds. The van der Waals surface area contributed by atoms with Crippen molar-refractivity contribution in [3.8, 4) is 0 Å². The van der Waals surface area contributed by atoms with E-state index < -0.39 is 31.7 Å². The van der Waals surface area contributed by atoms with E-state index in [0.717, 1.165) is 51.4 Å². The van der Waals surface area contributed by atoms with Gasteiger partial charge in [-0.1, -0.05) is 42.4 Å². The standard InChI is InChI=1S/C36H57ClF2N6O3S2/c1-9-25(21-23(2)40-5)41-33-32(48-8)34(45-19-16-24(17-20-45)15-18-44(6)7)43-35(42-33)49-30-14-13-26(22-29(30)38)50(46,47)36(3,4)27-11-10-12-28(37)31(27)39/h10-14,22-25,32-35,40-43H,9,15-21H2,1-8H3. The van der Waals surface area contributed by atoms with Crippen LogP contribution >= 0.6 is 23.4 Å². The number of rotatable bonds is 16. The molecule has 282 valence electrons. The summed E-state index contributed by atoms with van der Waals surface area (Å²) >= 11 is 7.23. The summed E-state index contributed by atoms with van der Waals surface area (Å²) in [5.41, 5.74) is -0.489. The van der Waals surface area contributed by atoms with Crippen molar-refractivity contribution in [2.75, 3.05) is 47.9 Å². The van der Waals surface area contributed by atoms with Crippen molar-refractivity contribution in [3.05, 3.63) is 58.6 Å². The predicted octanol–water partition coefficient (Wildman–Crippen LogP) is 5.59. The Morgan fingerprint density at radius 2 is 1.86 bits per heavy atom. The Morgan fingerprint density at radius 1 is 1.16 bits per heavy atom. The monoisotopic (exact) mass is 758 g/mol. The highest BCUT2D eigenvalue weighted by molar-refractivity contribution is 7.99. The third-order valence-electron chi connectivity index (χ3n) is 10.4. The molecule has 0 radical (unpaired) electrons. The van der Waals surface area contributed by atoms with Gasteiger partial charge < -0.3 is 15.0 Å². The van der Waals surface area contributed by atoms with Gasteiger partial charge in [0.1, 0.15) is 23.2 Å². The molecule has 2 aliphatic rings. The first-order valence-corrected chi connectivity index (χ1v) is 20.4. The Hall–Kier alpha value is -1.39. The number of sulfone groups is 1. The first-order chi connectivity index (χ1) is 23.6. The third-order valence-corrected chi connectivity index (χ3v) is 14.2. The van der Waals surface area contributed by atoms with Crippen molar-refractivity contribution in [2.45, 2.75) is 110 Å². The molecule has 4 N–H and O–H groups in total. The lowest BCUT2D eigenvalue weighted by atomic mass is 9.92. The van der Waals surface area contributed by atoms with E-state index in [0.29, 0.717) is 12.0 Å². The molecule has 0 aliphatic carbocycles. The van der Waals surface area contributed by atoms with E-state index in [1.165, 1.54) is 62.4 Å². The number of methoxy groups -OCH3 is 1. The molecule has 9 nitrogen and oxygen atoms in total. The Labute approximate surface area is 307 Å². The lowest BCUT2D eigenvalue weighted by molar-refractivity contribution is -0.0652. The summed E-state index contributed by atoms with van der Waals surface area (Å²) in [5, 5.41) is 14.3. The van der Waals surface area contributed by atoms with Gasteiger partial charge in [0.05, 0.1) is 27.0 Å². The summed E-state index contributed by atoms with van der Waals surface area (Å²) in [6.45, 7) is 10.1. The van der Waals surface area contributed by atoms with Gasteiger partial charge in [-0.15, -0.1) is 0 Å². The van der Waals surface area contributed by atoms with Gasteiger partial charge in [-0.3, -0.25) is 20.9 Å². The van der Waals surface area contributed by atoms with Crippen LogP contribution in [0.3, 0.4) is 0 Å². The normalized spacial score (nSPS) is 24.1. The molecule has 2 aromatic rings. The highest BCUT2D eigenvalue weighted by atomic mass is 35.5. The zero-order chi connectivity index (χ0) is 36.8. The van der Waals surface area contributed by atoms with Gasteiger partial charge in [0.2, 0.25) is 0 Å². The van der Waals surface area contributed by atoms with E-state index in [-0.39, 0.29) is 44.9 Å². The lowest BCUT2D eigenvalue weighted by Gasteiger charge is -2.49. The summed E-state index contributed by atoms with van der Waals surface area (Å²) in [5.74, 6) is -0.805. The molecule has 4 rings (SSSR count). The highest BCUT2D eigenvalue weighted by Gasteiger charge is 2.43. The molecule has 0 spiro atoms. The largest absolute Gasteiger partial charge is 0.375 e. The molecule has 2 saturated heterocycles. The fourth-order valence-corrected chi connectivity index (χ4v) is 9.63. The van der Waals surface area contributed by atoms with Crippen LogP contribution in [0.5, 0.6) is 0 Å². The number of likely N-dealkylation sites (tertiary alicyclic amines) is 1. The Kier molecular flexibility index (Phi) is 15.0. The fourth-order valence-electron chi connectivity index (χ4n) is 6.92. The Morgan fingerprint density at radius 3 is 2.46 bits per heavy atom. The maximum atomic E-state index is 15.9. The summed E-state index contributed by atoms with van der Waals surface area (Å²) in [6, 6.07) is 8.70. The van der Waals surface area contributed by atoms with E-state index in [4.69, 9.17) is 16.3 Å². The number of piperidine rings is 1. The molecule has 2 aliphatic heterocycles. The summed E-state index contributed by atoms with van der Waals surface area (Å²) in [6.07, 6.45) is 4.63. The van der Waals surface area contributed by atoms with Crippen molar-refractivity contribution in [1.29, 1.82) is 0 Å². The second-order valence-corrected chi connectivity index (χ2v) is 18.5. The second-order valence-electron chi connectivity index (χ2n) is 14.4. The molecule has 0 saturated carbocycles. The SMILES string of the molecule is CCC(CC(C)NC)NC1NC(Sc2ccc(S(=O)(=O)C(C)(C)c3cccc(Cl)c3F)cc2F)NC(N2CCC(CCN(C)C)CC2)C1OC. The van der Waals surface area contributed by atoms with Crippen LogP contribution < -0.4 is 21.3 Å². The molecule has 6 unspecified atom stereocenters. The van der Waals surface area contributed by atoms with E-state index in [9.17, 15) is 12.8 Å². The summed E-state index contributed by atoms with van der Waals surface area (Å²) in [4.78, 5) is 4.74. The van der Waals surface area contributed by atoms with Crippen molar-refractivity contribution in [2.24, 2.45) is 5.92 Å². The predicted molar refractivity (Wildman–Crippen MR) is 200 cm³/mol. The smallest absolute Gasteiger partial charge is 0.187 e. The van der Waals surface area contributed by atoms with Crippen LogP contribution in [-0.4, -0.2) is 102 Å². The molecule has 2 heterocycles. The Balaban J connectivity index is 1.58. The lowest BCUT2D eigenvalue weighted by Crippen LogP contribution is -2.74. The fraction of sp³-hybridized carbons (Fsp3) is 0.667. The average molecular weight is 759 g/mol. The molecule has 0 bridgehead atoms. The van der Waals surface area contributed by atoms with Crippen LogP contribution in [0, 0.1) is 17.6 Å². The van der Waals surface area contributed by atoms with E-state index in [2.05, 4.69) is 59.0 Å². The van der Waals surface area contributed by atoms with Gasteiger partial charge in [0.25, 0.3) is 0 Å². The number of ether oxygens (including phenoxy) is 1. The number of benzene rings is 2. The Bertz CT molecular complexity index is 1510. The van der Waals surface area contributed by atoms with Crippen LogP contribution in [0.15, 0.2) is 46.2 Å². The minimum absolute atomic E-state index is 0.0759. The van der Waals surface area contributed by atoms with Crippen LogP contribution in [-0.2, 0) is 19.3 Å². The van der Waals surface area contributed by atoms with Crippen LogP contribution in [0.1, 0.15) is 65.4 Å². The van der Waals surface area contributed by atoms with Crippen LogP contribution in [0.4, 0.5) is 8.78 Å². The molecule has 0 aromatic heterocycles. The summed E-state index contributed by atoms with van der Waals surface area (Å²) < 4.78 is 62.9. The topological polar surface area (TPSA) is 98.0 Å². The van der Waals surface area contributed by atoms with Gasteiger partial charge in [0, 0.05) is 29.7 Å². The van der Waals surface area contributed by atoms with E-state index in [1.807, 2.05) is 7.05 Å². The molecule has 2 aromatic carbocycles. The van der Waals surface area contributed by atoms with Crippen LogP contribution in [0.2, 0.25) is 5.02 Å². The van der Waals surface area contributed by atoms with Crippen molar-refractivity contribution in [3.63, 3.8) is 0 Å². The highest BCUT2D eigenvalue weighted by Crippen LogP contribution is 2.39. The van der Waals surface area contributed by atoms with Gasteiger partial charge in [-0.2, -0.15) is 0 Å². The molecular formula is C36H57ClF2N6O3S2. The zero-order valence-corrected chi connectivity index (χ0v) is 33.1. The van der Waals surface area contributed by atoms with Gasteiger partial charge in [-0.05, 0) is 124 Å². The maximum absolute atomic E-state index is 15.9. The molecule has 2 fully saturated rings. The number of hydrogen-bond donors (Lipinski definition) is 4. The van der Waals surface area contributed by atoms with E-state index >= 15 is 4.39 Å². The molecule has 50 heavy (non-hydrogen) atoms. The average Bonchev–Trinajstić information content (AvgIpc) is 3.08. The molecule has 14 heteroatoms. The minimum atomic E-state index is -4.21. The molecule has 6 atom stereocenters. The number of halogens is 3. The van der Waals surface area contributed by atoms with E-state index in [1.54, 1.807) is 7.11 Å². The van der Waals surface area contributed by atoms with Crippen molar-refractivity contribution >= 4 is 33.2 Å². The van der Waals surface area contributed by atoms with Gasteiger partial charge in [0.15, 0.2) is 9.84 Å². The summed E-state index contributed by atoms with van der Waals surface area (Å²) in [7, 11) is 3.72. The van der Waals surface area contributed by atoms with Gasteiger partial charge in [-0.25, -0.2) is 17.2 Å². The minimum Gasteiger partial charge on any atom is -0.375 e. The number of thioether (sulfide) groups is 1. The zero-order valence-electron chi connectivity index (χ0n) is 30.7. The van der Waals surface area contributed by atoms with Crippen molar-refractivity contribution < 1.29 is 21.9 Å². The quantitative estimate of drug-likeness (QED) is 0.174.